The van der Waals surface area contributed by atoms with Crippen molar-refractivity contribution in [1.29, 1.82) is 0 Å². The number of H-pyrrole nitrogens is 1. The quantitative estimate of drug-likeness (QED) is 0.731. The van der Waals surface area contributed by atoms with Crippen LogP contribution >= 0.6 is 0 Å². The third-order valence-corrected chi connectivity index (χ3v) is 4.35. The molecule has 2 heterocycles. The van der Waals surface area contributed by atoms with Gasteiger partial charge < -0.3 is 9.88 Å². The molecule has 4 rings (SSSR count). The molecule has 116 valence electrons. The Balaban J connectivity index is 1.67. The highest BCUT2D eigenvalue weighted by molar-refractivity contribution is 5.95. The molecule has 1 N–H and O–H groups in total. The SMILES string of the molecule is O=C(c1cccc(F)c1F)N1CCc2c([nH]c3ccccc23)C1. The Kier molecular flexibility index (Phi) is 3.15. The minimum Gasteiger partial charge on any atom is -0.357 e. The van der Waals surface area contributed by atoms with Gasteiger partial charge in [0.05, 0.1) is 12.1 Å². The average molecular weight is 312 g/mol. The summed E-state index contributed by atoms with van der Waals surface area (Å²) in [7, 11) is 0. The van der Waals surface area contributed by atoms with Gasteiger partial charge in [-0.15, -0.1) is 0 Å². The number of carbonyl (C=O) groups is 1. The Hall–Kier alpha value is -2.69. The van der Waals surface area contributed by atoms with Gasteiger partial charge >= 0.3 is 0 Å². The standard InChI is InChI=1S/C18H14F2N2O/c19-14-6-3-5-13(17(14)20)18(23)22-9-8-12-11-4-1-2-7-15(11)21-16(12)10-22/h1-7,21H,8-10H2. The highest BCUT2D eigenvalue weighted by Gasteiger charge is 2.26. The van der Waals surface area contributed by atoms with E-state index in [1.165, 1.54) is 17.7 Å². The zero-order chi connectivity index (χ0) is 16.0. The lowest BCUT2D eigenvalue weighted by atomic mass is 10.0. The smallest absolute Gasteiger partial charge is 0.257 e. The number of para-hydroxylation sites is 1. The fourth-order valence-corrected chi connectivity index (χ4v) is 3.21. The monoisotopic (exact) mass is 312 g/mol. The summed E-state index contributed by atoms with van der Waals surface area (Å²) in [5, 5.41) is 1.16. The van der Waals surface area contributed by atoms with Crippen LogP contribution in [0, 0.1) is 11.6 Å². The zero-order valence-electron chi connectivity index (χ0n) is 12.3. The summed E-state index contributed by atoms with van der Waals surface area (Å²) in [4.78, 5) is 17.4. The van der Waals surface area contributed by atoms with Crippen molar-refractivity contribution in [1.82, 2.24) is 9.88 Å². The molecular formula is C18H14F2N2O. The molecule has 0 saturated carbocycles. The molecule has 0 aliphatic carbocycles. The van der Waals surface area contributed by atoms with E-state index in [2.05, 4.69) is 4.98 Å². The summed E-state index contributed by atoms with van der Waals surface area (Å²) in [6, 6.07) is 11.7. The van der Waals surface area contributed by atoms with E-state index in [1.54, 1.807) is 4.90 Å². The lowest BCUT2D eigenvalue weighted by molar-refractivity contribution is 0.0727. The molecule has 0 spiro atoms. The zero-order valence-corrected chi connectivity index (χ0v) is 12.3. The normalized spacial score (nSPS) is 14.1. The van der Waals surface area contributed by atoms with E-state index in [-0.39, 0.29) is 5.56 Å². The van der Waals surface area contributed by atoms with E-state index < -0.39 is 17.5 Å². The third kappa shape index (κ3) is 2.20. The maximum atomic E-state index is 13.8. The van der Waals surface area contributed by atoms with Crippen LogP contribution in [0.2, 0.25) is 0 Å². The summed E-state index contributed by atoms with van der Waals surface area (Å²) in [6.07, 6.45) is 0.696. The molecule has 3 aromatic rings. The molecule has 0 unspecified atom stereocenters. The van der Waals surface area contributed by atoms with E-state index >= 15 is 0 Å². The van der Waals surface area contributed by atoms with Gasteiger partial charge in [0, 0.05) is 23.1 Å². The molecule has 5 heteroatoms. The van der Waals surface area contributed by atoms with Crippen molar-refractivity contribution in [3.05, 3.63) is 70.9 Å². The van der Waals surface area contributed by atoms with Crippen molar-refractivity contribution in [2.45, 2.75) is 13.0 Å². The lowest BCUT2D eigenvalue weighted by Gasteiger charge is -2.27. The van der Waals surface area contributed by atoms with Crippen LogP contribution in [-0.4, -0.2) is 22.3 Å². The van der Waals surface area contributed by atoms with Crippen molar-refractivity contribution in [3.8, 4) is 0 Å². The van der Waals surface area contributed by atoms with Gasteiger partial charge in [-0.05, 0) is 30.2 Å². The van der Waals surface area contributed by atoms with Crippen LogP contribution < -0.4 is 0 Å². The first kappa shape index (κ1) is 13.9. The minimum atomic E-state index is -1.08. The molecule has 2 aromatic carbocycles. The van der Waals surface area contributed by atoms with Crippen LogP contribution in [-0.2, 0) is 13.0 Å². The third-order valence-electron chi connectivity index (χ3n) is 4.35. The van der Waals surface area contributed by atoms with Gasteiger partial charge in [-0.25, -0.2) is 8.78 Å². The maximum Gasteiger partial charge on any atom is 0.257 e. The van der Waals surface area contributed by atoms with Gasteiger partial charge in [0.2, 0.25) is 0 Å². The molecule has 0 saturated heterocycles. The summed E-state index contributed by atoms with van der Waals surface area (Å²) < 4.78 is 27.2. The Bertz CT molecular complexity index is 917. The van der Waals surface area contributed by atoms with Gasteiger partial charge in [0.15, 0.2) is 11.6 Å². The lowest BCUT2D eigenvalue weighted by Crippen LogP contribution is -2.36. The first-order valence-electron chi connectivity index (χ1n) is 7.47. The molecular weight excluding hydrogens is 298 g/mol. The number of benzene rings is 2. The Morgan fingerprint density at radius 3 is 2.78 bits per heavy atom. The van der Waals surface area contributed by atoms with Gasteiger partial charge in [-0.3, -0.25) is 4.79 Å². The molecule has 1 aliphatic heterocycles. The number of rotatable bonds is 1. The molecule has 0 radical (unpaired) electrons. The minimum absolute atomic E-state index is 0.218. The van der Waals surface area contributed by atoms with Crippen LogP contribution in [0.4, 0.5) is 8.78 Å². The Morgan fingerprint density at radius 1 is 1.09 bits per heavy atom. The van der Waals surface area contributed by atoms with Crippen molar-refractivity contribution in [2.75, 3.05) is 6.54 Å². The number of carbonyl (C=O) groups excluding carboxylic acids is 1. The van der Waals surface area contributed by atoms with E-state index in [0.29, 0.717) is 19.5 Å². The molecule has 1 aromatic heterocycles. The van der Waals surface area contributed by atoms with Crippen LogP contribution in [0.1, 0.15) is 21.6 Å². The van der Waals surface area contributed by atoms with Crippen molar-refractivity contribution < 1.29 is 13.6 Å². The highest BCUT2D eigenvalue weighted by Crippen LogP contribution is 2.28. The second-order valence-electron chi connectivity index (χ2n) is 5.71. The summed E-state index contributed by atoms with van der Waals surface area (Å²) in [5.74, 6) is -2.56. The van der Waals surface area contributed by atoms with Crippen LogP contribution in [0.3, 0.4) is 0 Å². The fourth-order valence-electron chi connectivity index (χ4n) is 3.21. The summed E-state index contributed by atoms with van der Waals surface area (Å²) in [5.41, 5.74) is 2.97. The second-order valence-corrected chi connectivity index (χ2v) is 5.71. The largest absolute Gasteiger partial charge is 0.357 e. The molecule has 3 nitrogen and oxygen atoms in total. The predicted molar refractivity (Wildman–Crippen MR) is 83.1 cm³/mol. The topological polar surface area (TPSA) is 36.1 Å². The number of hydrogen-bond acceptors (Lipinski definition) is 1. The Labute approximate surface area is 131 Å². The van der Waals surface area contributed by atoms with E-state index in [0.717, 1.165) is 22.7 Å². The first-order valence-corrected chi connectivity index (χ1v) is 7.47. The molecule has 0 atom stereocenters. The average Bonchev–Trinajstić information content (AvgIpc) is 2.94. The number of aromatic nitrogens is 1. The molecule has 1 aliphatic rings. The number of nitrogens with one attached hydrogen (secondary N) is 1. The van der Waals surface area contributed by atoms with Gasteiger partial charge in [0.1, 0.15) is 0 Å². The van der Waals surface area contributed by atoms with E-state index in [9.17, 15) is 13.6 Å². The number of nitrogens with zero attached hydrogens (tertiary/aromatic N) is 1. The van der Waals surface area contributed by atoms with Crippen molar-refractivity contribution in [2.24, 2.45) is 0 Å². The molecule has 0 bridgehead atoms. The number of halogens is 2. The van der Waals surface area contributed by atoms with Crippen LogP contribution in [0.25, 0.3) is 10.9 Å². The Morgan fingerprint density at radius 2 is 1.91 bits per heavy atom. The fraction of sp³-hybridized carbons (Fsp3) is 0.167. The number of aromatic amines is 1. The second kappa shape index (κ2) is 5.19. The van der Waals surface area contributed by atoms with E-state index in [4.69, 9.17) is 0 Å². The summed E-state index contributed by atoms with van der Waals surface area (Å²) in [6.45, 7) is 0.864. The summed E-state index contributed by atoms with van der Waals surface area (Å²) >= 11 is 0. The molecule has 23 heavy (non-hydrogen) atoms. The maximum absolute atomic E-state index is 13.8. The highest BCUT2D eigenvalue weighted by atomic mass is 19.2. The number of amides is 1. The van der Waals surface area contributed by atoms with Crippen molar-refractivity contribution >= 4 is 16.8 Å². The molecule has 1 amide bonds. The molecule has 0 fully saturated rings. The van der Waals surface area contributed by atoms with Crippen LogP contribution in [0.15, 0.2) is 42.5 Å². The van der Waals surface area contributed by atoms with Crippen molar-refractivity contribution in [3.63, 3.8) is 0 Å². The van der Waals surface area contributed by atoms with Gasteiger partial charge in [-0.1, -0.05) is 24.3 Å². The number of hydrogen-bond donors (Lipinski definition) is 1. The predicted octanol–water partition coefficient (Wildman–Crippen LogP) is 3.64. The van der Waals surface area contributed by atoms with Crippen LogP contribution in [0.5, 0.6) is 0 Å². The first-order chi connectivity index (χ1) is 11.1. The van der Waals surface area contributed by atoms with Gasteiger partial charge in [-0.2, -0.15) is 0 Å². The number of fused-ring (bicyclic) bond motifs is 3. The van der Waals surface area contributed by atoms with Gasteiger partial charge in [0.25, 0.3) is 5.91 Å². The van der Waals surface area contributed by atoms with E-state index in [1.807, 2.05) is 24.3 Å².